The van der Waals surface area contributed by atoms with Gasteiger partial charge in [0.2, 0.25) is 0 Å². The van der Waals surface area contributed by atoms with Crippen LogP contribution in [-0.4, -0.2) is 13.6 Å². The average molecular weight is 229 g/mol. The van der Waals surface area contributed by atoms with Crippen molar-refractivity contribution in [1.29, 1.82) is 0 Å². The fourth-order valence-electron chi connectivity index (χ4n) is 3.92. The number of benzene rings is 1. The first kappa shape index (κ1) is 11.3. The first-order valence-corrected chi connectivity index (χ1v) is 7.09. The molecule has 1 aromatic rings. The van der Waals surface area contributed by atoms with Gasteiger partial charge in [0.25, 0.3) is 0 Å². The van der Waals surface area contributed by atoms with Crippen LogP contribution in [0.5, 0.6) is 0 Å². The summed E-state index contributed by atoms with van der Waals surface area (Å²) in [5, 5.41) is 3.38. The van der Waals surface area contributed by atoms with Crippen molar-refractivity contribution in [2.45, 2.75) is 31.6 Å². The van der Waals surface area contributed by atoms with E-state index in [1.807, 2.05) is 0 Å². The minimum Gasteiger partial charge on any atom is -0.319 e. The molecular formula is C16H23N. The molecule has 3 rings (SSSR count). The lowest BCUT2D eigenvalue weighted by atomic mass is 9.89. The van der Waals surface area contributed by atoms with Crippen LogP contribution < -0.4 is 5.32 Å². The van der Waals surface area contributed by atoms with Crippen molar-refractivity contribution in [3.63, 3.8) is 0 Å². The van der Waals surface area contributed by atoms with Crippen LogP contribution in [0.4, 0.5) is 0 Å². The standard InChI is InChI=1S/C16H23N/c1-17-11-13-8-5-9-14(13)16-10-15(16)12-6-3-2-4-7-12/h2-4,6-7,13-17H,5,8-11H2,1H3. The number of hydrogen-bond donors (Lipinski definition) is 1. The minimum absolute atomic E-state index is 0.874. The second-order valence-corrected chi connectivity index (χ2v) is 5.83. The highest BCUT2D eigenvalue weighted by molar-refractivity contribution is 5.26. The molecule has 1 heteroatoms. The smallest absolute Gasteiger partial charge is 0.00208 e. The van der Waals surface area contributed by atoms with Gasteiger partial charge in [-0.2, -0.15) is 0 Å². The lowest BCUT2D eigenvalue weighted by Crippen LogP contribution is -2.23. The Morgan fingerprint density at radius 2 is 1.94 bits per heavy atom. The molecule has 0 radical (unpaired) electrons. The van der Waals surface area contributed by atoms with Gasteiger partial charge < -0.3 is 5.32 Å². The van der Waals surface area contributed by atoms with Gasteiger partial charge in [0, 0.05) is 0 Å². The Hall–Kier alpha value is -0.820. The second-order valence-electron chi connectivity index (χ2n) is 5.83. The van der Waals surface area contributed by atoms with Gasteiger partial charge in [-0.25, -0.2) is 0 Å². The average Bonchev–Trinajstić information content (AvgIpc) is 3.04. The zero-order valence-electron chi connectivity index (χ0n) is 10.7. The quantitative estimate of drug-likeness (QED) is 0.834. The number of nitrogens with one attached hydrogen (secondary N) is 1. The molecule has 0 amide bonds. The molecular weight excluding hydrogens is 206 g/mol. The van der Waals surface area contributed by atoms with E-state index < -0.39 is 0 Å². The summed E-state index contributed by atoms with van der Waals surface area (Å²) in [5.41, 5.74) is 1.58. The molecule has 2 aliphatic carbocycles. The molecule has 92 valence electrons. The van der Waals surface area contributed by atoms with Gasteiger partial charge in [-0.15, -0.1) is 0 Å². The van der Waals surface area contributed by atoms with Gasteiger partial charge in [0.15, 0.2) is 0 Å². The van der Waals surface area contributed by atoms with Gasteiger partial charge in [-0.05, 0) is 62.1 Å². The summed E-state index contributed by atoms with van der Waals surface area (Å²) in [6, 6.07) is 11.1. The highest BCUT2D eigenvalue weighted by atomic mass is 14.8. The third-order valence-corrected chi connectivity index (χ3v) is 4.80. The van der Waals surface area contributed by atoms with E-state index in [4.69, 9.17) is 0 Å². The maximum Gasteiger partial charge on any atom is -0.00208 e. The molecule has 1 N–H and O–H groups in total. The Morgan fingerprint density at radius 1 is 1.12 bits per heavy atom. The molecule has 0 heterocycles. The van der Waals surface area contributed by atoms with E-state index >= 15 is 0 Å². The summed E-state index contributed by atoms with van der Waals surface area (Å²) in [6.07, 6.45) is 5.81. The van der Waals surface area contributed by atoms with E-state index in [0.717, 1.165) is 23.7 Å². The Kier molecular flexibility index (Phi) is 3.19. The molecule has 0 aliphatic heterocycles. The van der Waals surface area contributed by atoms with E-state index in [1.165, 1.54) is 32.2 Å². The molecule has 2 saturated carbocycles. The van der Waals surface area contributed by atoms with Crippen molar-refractivity contribution < 1.29 is 0 Å². The molecule has 2 fully saturated rings. The zero-order valence-corrected chi connectivity index (χ0v) is 10.7. The van der Waals surface area contributed by atoms with Crippen molar-refractivity contribution in [3.05, 3.63) is 35.9 Å². The predicted molar refractivity (Wildman–Crippen MR) is 72.0 cm³/mol. The highest BCUT2D eigenvalue weighted by Gasteiger charge is 2.47. The number of rotatable bonds is 4. The van der Waals surface area contributed by atoms with Crippen LogP contribution in [-0.2, 0) is 0 Å². The van der Waals surface area contributed by atoms with Gasteiger partial charge in [0.05, 0.1) is 0 Å². The van der Waals surface area contributed by atoms with E-state index in [9.17, 15) is 0 Å². The van der Waals surface area contributed by atoms with Crippen molar-refractivity contribution >= 4 is 0 Å². The van der Waals surface area contributed by atoms with E-state index in [2.05, 4.69) is 42.7 Å². The third-order valence-electron chi connectivity index (χ3n) is 4.80. The second kappa shape index (κ2) is 4.81. The number of hydrogen-bond acceptors (Lipinski definition) is 1. The summed E-state index contributed by atoms with van der Waals surface area (Å²) in [5.74, 6) is 3.79. The Balaban J connectivity index is 1.64. The summed E-state index contributed by atoms with van der Waals surface area (Å²) in [7, 11) is 2.09. The largest absolute Gasteiger partial charge is 0.319 e. The maximum atomic E-state index is 3.38. The Labute approximate surface area is 105 Å². The van der Waals surface area contributed by atoms with Crippen molar-refractivity contribution in [1.82, 2.24) is 5.32 Å². The summed E-state index contributed by atoms with van der Waals surface area (Å²) in [6.45, 7) is 1.22. The molecule has 17 heavy (non-hydrogen) atoms. The lowest BCUT2D eigenvalue weighted by Gasteiger charge is -2.19. The molecule has 1 nitrogen and oxygen atoms in total. The van der Waals surface area contributed by atoms with Crippen LogP contribution in [0.1, 0.15) is 37.2 Å². The van der Waals surface area contributed by atoms with E-state index in [1.54, 1.807) is 5.56 Å². The fraction of sp³-hybridized carbons (Fsp3) is 0.625. The predicted octanol–water partition coefficient (Wildman–Crippen LogP) is 3.43. The third kappa shape index (κ3) is 2.26. The molecule has 4 unspecified atom stereocenters. The van der Waals surface area contributed by atoms with E-state index in [-0.39, 0.29) is 0 Å². The molecule has 0 aromatic heterocycles. The highest BCUT2D eigenvalue weighted by Crippen LogP contribution is 2.57. The normalized spacial score (nSPS) is 36.1. The zero-order chi connectivity index (χ0) is 11.7. The van der Waals surface area contributed by atoms with Gasteiger partial charge in [-0.3, -0.25) is 0 Å². The summed E-state index contributed by atoms with van der Waals surface area (Å²) < 4.78 is 0. The lowest BCUT2D eigenvalue weighted by molar-refractivity contribution is 0.333. The molecule has 0 spiro atoms. The Bertz CT molecular complexity index is 359. The molecule has 2 aliphatic rings. The molecule has 1 aromatic carbocycles. The summed E-state index contributed by atoms with van der Waals surface area (Å²) >= 11 is 0. The van der Waals surface area contributed by atoms with Gasteiger partial charge in [-0.1, -0.05) is 36.8 Å². The monoisotopic (exact) mass is 229 g/mol. The Morgan fingerprint density at radius 3 is 2.71 bits per heavy atom. The topological polar surface area (TPSA) is 12.0 Å². The molecule has 4 atom stereocenters. The van der Waals surface area contributed by atoms with Crippen molar-refractivity contribution in [3.8, 4) is 0 Å². The first-order valence-electron chi connectivity index (χ1n) is 7.09. The van der Waals surface area contributed by atoms with Crippen LogP contribution in [0.25, 0.3) is 0 Å². The van der Waals surface area contributed by atoms with Gasteiger partial charge >= 0.3 is 0 Å². The maximum absolute atomic E-state index is 3.38. The van der Waals surface area contributed by atoms with Crippen LogP contribution in [0, 0.1) is 17.8 Å². The fourth-order valence-corrected chi connectivity index (χ4v) is 3.92. The van der Waals surface area contributed by atoms with Crippen molar-refractivity contribution in [2.75, 3.05) is 13.6 Å². The SMILES string of the molecule is CNCC1CCCC1C1CC1c1ccccc1. The van der Waals surface area contributed by atoms with Crippen LogP contribution >= 0.6 is 0 Å². The molecule has 0 saturated heterocycles. The molecule has 0 bridgehead atoms. The first-order chi connectivity index (χ1) is 8.40. The van der Waals surface area contributed by atoms with E-state index in [0.29, 0.717) is 0 Å². The van der Waals surface area contributed by atoms with Crippen molar-refractivity contribution in [2.24, 2.45) is 17.8 Å². The summed E-state index contributed by atoms with van der Waals surface area (Å²) in [4.78, 5) is 0. The van der Waals surface area contributed by atoms with Gasteiger partial charge in [0.1, 0.15) is 0 Å². The van der Waals surface area contributed by atoms with Crippen LogP contribution in [0.15, 0.2) is 30.3 Å². The van der Waals surface area contributed by atoms with Crippen LogP contribution in [0.3, 0.4) is 0 Å². The minimum atomic E-state index is 0.874. The van der Waals surface area contributed by atoms with Crippen LogP contribution in [0.2, 0.25) is 0 Å².